The molecule has 3 atom stereocenters. The molecule has 2 rings (SSSR count). The van der Waals surface area contributed by atoms with Gasteiger partial charge in [-0.2, -0.15) is 0 Å². The molecule has 0 heterocycles. The third kappa shape index (κ3) is 1.46. The van der Waals surface area contributed by atoms with E-state index in [1.165, 1.54) is 5.56 Å². The molecule has 0 amide bonds. The number of aliphatic hydroxyl groups is 1. The van der Waals surface area contributed by atoms with E-state index in [1.54, 1.807) is 0 Å². The summed E-state index contributed by atoms with van der Waals surface area (Å²) in [5, 5.41) is 10.3. The van der Waals surface area contributed by atoms with Crippen LogP contribution in [0, 0.1) is 5.92 Å². The van der Waals surface area contributed by atoms with E-state index < -0.39 is 5.60 Å². The lowest BCUT2D eigenvalue weighted by molar-refractivity contribution is 0.100. The van der Waals surface area contributed by atoms with Crippen LogP contribution >= 0.6 is 0 Å². The van der Waals surface area contributed by atoms with E-state index in [0.717, 1.165) is 12.8 Å². The van der Waals surface area contributed by atoms with E-state index in [-0.39, 0.29) is 0 Å². The number of rotatable bonds is 3. The van der Waals surface area contributed by atoms with Crippen LogP contribution in [-0.2, 0) is 0 Å². The smallest absolute Gasteiger partial charge is 0.0745 e. The van der Waals surface area contributed by atoms with Gasteiger partial charge in [-0.05, 0) is 24.3 Å². The first kappa shape index (κ1) is 9.72. The van der Waals surface area contributed by atoms with Crippen molar-refractivity contribution in [3.05, 3.63) is 35.9 Å². The third-order valence-corrected chi connectivity index (χ3v) is 3.54. The molecule has 1 saturated carbocycles. The Labute approximate surface area is 85.8 Å². The van der Waals surface area contributed by atoms with E-state index in [1.807, 2.05) is 6.07 Å². The molecule has 14 heavy (non-hydrogen) atoms. The van der Waals surface area contributed by atoms with Crippen molar-refractivity contribution in [3.8, 4) is 0 Å². The van der Waals surface area contributed by atoms with Crippen molar-refractivity contribution in [3.63, 3.8) is 0 Å². The molecule has 1 aromatic rings. The summed E-state index contributed by atoms with van der Waals surface area (Å²) in [7, 11) is 0. The summed E-state index contributed by atoms with van der Waals surface area (Å²) < 4.78 is 0. The molecule has 0 radical (unpaired) electrons. The fourth-order valence-corrected chi connectivity index (χ4v) is 2.48. The minimum atomic E-state index is -0.421. The highest BCUT2D eigenvalue weighted by Crippen LogP contribution is 2.53. The molecule has 0 bridgehead atoms. The van der Waals surface area contributed by atoms with Gasteiger partial charge in [0, 0.05) is 5.92 Å². The summed E-state index contributed by atoms with van der Waals surface area (Å²) in [6, 6.07) is 10.4. The average Bonchev–Trinajstić information content (AvgIpc) is 2.78. The monoisotopic (exact) mass is 190 g/mol. The first-order chi connectivity index (χ1) is 6.68. The summed E-state index contributed by atoms with van der Waals surface area (Å²) in [6.45, 7) is 4.28. The lowest BCUT2D eigenvalue weighted by Crippen LogP contribution is -2.21. The summed E-state index contributed by atoms with van der Waals surface area (Å²) in [5.41, 5.74) is 0.859. The Morgan fingerprint density at radius 1 is 1.43 bits per heavy atom. The van der Waals surface area contributed by atoms with Gasteiger partial charge in [0.25, 0.3) is 0 Å². The first-order valence-electron chi connectivity index (χ1n) is 5.45. The van der Waals surface area contributed by atoms with Crippen molar-refractivity contribution >= 4 is 0 Å². The zero-order valence-corrected chi connectivity index (χ0v) is 8.90. The molecule has 1 nitrogen and oxygen atoms in total. The van der Waals surface area contributed by atoms with E-state index >= 15 is 0 Å². The zero-order valence-electron chi connectivity index (χ0n) is 8.90. The normalized spacial score (nSPS) is 32.6. The number of hydrogen-bond donors (Lipinski definition) is 1. The Bertz CT molecular complexity index is 306. The van der Waals surface area contributed by atoms with Gasteiger partial charge in [0.05, 0.1) is 5.60 Å². The fourth-order valence-electron chi connectivity index (χ4n) is 2.48. The van der Waals surface area contributed by atoms with Crippen molar-refractivity contribution in [2.75, 3.05) is 0 Å². The van der Waals surface area contributed by atoms with E-state index in [9.17, 15) is 5.11 Å². The van der Waals surface area contributed by atoms with Gasteiger partial charge in [-0.15, -0.1) is 0 Å². The summed E-state index contributed by atoms with van der Waals surface area (Å²) in [4.78, 5) is 0. The SMILES string of the molecule is CCC(c1ccccc1)C1(O)CC1C. The second-order valence-electron chi connectivity index (χ2n) is 4.47. The van der Waals surface area contributed by atoms with Gasteiger partial charge < -0.3 is 5.11 Å². The van der Waals surface area contributed by atoms with Crippen LogP contribution in [0.2, 0.25) is 0 Å². The highest BCUT2D eigenvalue weighted by Gasteiger charge is 2.54. The Hall–Kier alpha value is -0.820. The molecule has 0 aromatic heterocycles. The molecule has 1 fully saturated rings. The van der Waals surface area contributed by atoms with Crippen LogP contribution in [0.15, 0.2) is 30.3 Å². The van der Waals surface area contributed by atoms with Crippen LogP contribution in [0.3, 0.4) is 0 Å². The predicted octanol–water partition coefficient (Wildman–Crippen LogP) is 2.95. The third-order valence-electron chi connectivity index (χ3n) is 3.54. The number of benzene rings is 1. The van der Waals surface area contributed by atoms with Gasteiger partial charge in [-0.3, -0.25) is 0 Å². The molecule has 0 spiro atoms. The van der Waals surface area contributed by atoms with Gasteiger partial charge in [0.2, 0.25) is 0 Å². The van der Waals surface area contributed by atoms with Gasteiger partial charge in [-0.25, -0.2) is 0 Å². The van der Waals surface area contributed by atoms with Crippen molar-refractivity contribution < 1.29 is 5.11 Å². The van der Waals surface area contributed by atoms with Crippen molar-refractivity contribution in [1.82, 2.24) is 0 Å². The zero-order chi connectivity index (χ0) is 10.2. The molecule has 1 aromatic carbocycles. The molecule has 0 saturated heterocycles. The molecule has 1 aliphatic carbocycles. The molecule has 1 N–H and O–H groups in total. The molecule has 1 aliphatic rings. The lowest BCUT2D eigenvalue weighted by Gasteiger charge is -2.22. The molecule has 76 valence electrons. The molecule has 0 aliphatic heterocycles. The largest absolute Gasteiger partial charge is 0.389 e. The van der Waals surface area contributed by atoms with Gasteiger partial charge >= 0.3 is 0 Å². The minimum absolute atomic E-state index is 0.318. The maximum atomic E-state index is 10.3. The van der Waals surface area contributed by atoms with Crippen LogP contribution in [0.25, 0.3) is 0 Å². The van der Waals surface area contributed by atoms with Crippen LogP contribution in [0.4, 0.5) is 0 Å². The highest BCUT2D eigenvalue weighted by molar-refractivity contribution is 5.27. The second-order valence-corrected chi connectivity index (χ2v) is 4.47. The van der Waals surface area contributed by atoms with Crippen LogP contribution in [0.5, 0.6) is 0 Å². The van der Waals surface area contributed by atoms with Gasteiger partial charge in [0.1, 0.15) is 0 Å². The van der Waals surface area contributed by atoms with Crippen LogP contribution in [-0.4, -0.2) is 10.7 Å². The predicted molar refractivity (Wildman–Crippen MR) is 58.2 cm³/mol. The van der Waals surface area contributed by atoms with E-state index in [2.05, 4.69) is 38.1 Å². The van der Waals surface area contributed by atoms with Gasteiger partial charge in [-0.1, -0.05) is 44.2 Å². The Morgan fingerprint density at radius 2 is 2.00 bits per heavy atom. The Balaban J connectivity index is 2.23. The topological polar surface area (TPSA) is 20.2 Å². The molecular formula is C13H18O. The Morgan fingerprint density at radius 3 is 2.43 bits per heavy atom. The summed E-state index contributed by atoms with van der Waals surface area (Å²) in [5.74, 6) is 0.784. The molecule has 3 unspecified atom stereocenters. The summed E-state index contributed by atoms with van der Waals surface area (Å²) in [6.07, 6.45) is 1.98. The standard InChI is InChI=1S/C13H18O/c1-3-12(13(14)9-10(13)2)11-7-5-4-6-8-11/h4-8,10,12,14H,3,9H2,1-2H3. The highest BCUT2D eigenvalue weighted by atomic mass is 16.3. The van der Waals surface area contributed by atoms with Crippen LogP contribution < -0.4 is 0 Å². The average molecular weight is 190 g/mol. The van der Waals surface area contributed by atoms with Crippen molar-refractivity contribution in [1.29, 1.82) is 0 Å². The maximum absolute atomic E-state index is 10.3. The maximum Gasteiger partial charge on any atom is 0.0745 e. The van der Waals surface area contributed by atoms with Crippen molar-refractivity contribution in [2.24, 2.45) is 5.92 Å². The minimum Gasteiger partial charge on any atom is -0.389 e. The second kappa shape index (κ2) is 3.39. The van der Waals surface area contributed by atoms with E-state index in [0.29, 0.717) is 11.8 Å². The van der Waals surface area contributed by atoms with Gasteiger partial charge in [0.15, 0.2) is 0 Å². The fraction of sp³-hybridized carbons (Fsp3) is 0.538. The van der Waals surface area contributed by atoms with E-state index in [4.69, 9.17) is 0 Å². The molecule has 1 heteroatoms. The summed E-state index contributed by atoms with van der Waals surface area (Å²) >= 11 is 0. The van der Waals surface area contributed by atoms with Crippen molar-refractivity contribution in [2.45, 2.75) is 38.2 Å². The molecular weight excluding hydrogens is 172 g/mol. The first-order valence-corrected chi connectivity index (χ1v) is 5.45. The van der Waals surface area contributed by atoms with Crippen LogP contribution in [0.1, 0.15) is 38.2 Å². The quantitative estimate of drug-likeness (QED) is 0.777. The lowest BCUT2D eigenvalue weighted by atomic mass is 9.88. The Kier molecular flexibility index (Phi) is 2.36. The number of hydrogen-bond acceptors (Lipinski definition) is 1.